The molecule has 4 heterocycles. The Morgan fingerprint density at radius 3 is 2.62 bits per heavy atom. The average Bonchev–Trinajstić information content (AvgIpc) is 3.69. The maximum Gasteiger partial charge on any atom is 0.257 e. The van der Waals surface area contributed by atoms with Crippen molar-refractivity contribution in [3.8, 4) is 16.9 Å². The van der Waals surface area contributed by atoms with Crippen molar-refractivity contribution in [1.29, 1.82) is 0 Å². The van der Waals surface area contributed by atoms with Gasteiger partial charge in [-0.1, -0.05) is 42.0 Å². The number of hydrogen-bond acceptors (Lipinski definition) is 6. The number of aromatic nitrogens is 2. The molecule has 8 nitrogen and oxygen atoms in total. The molecule has 1 fully saturated rings. The van der Waals surface area contributed by atoms with E-state index in [1.54, 1.807) is 11.3 Å². The summed E-state index contributed by atoms with van der Waals surface area (Å²) in [5.74, 6) is 0.635. The highest BCUT2D eigenvalue weighted by Crippen LogP contribution is 2.38. The third-order valence-corrected chi connectivity index (χ3v) is 6.85. The molecular weight excluding hydrogens is 466 g/mol. The maximum atomic E-state index is 13.7. The SMILES string of the molecule is Cc1cccc(-c2nn(-c3ccccc3)cc2[C@@H]2CC(c3ccco3)=NN2C(=O)CN2CCOCC2)c1. The minimum atomic E-state index is -0.304. The van der Waals surface area contributed by atoms with Crippen LogP contribution in [0.3, 0.4) is 0 Å². The summed E-state index contributed by atoms with van der Waals surface area (Å²) < 4.78 is 13.0. The van der Waals surface area contributed by atoms with E-state index in [4.69, 9.17) is 19.4 Å². The Balaban J connectivity index is 1.42. The molecule has 37 heavy (non-hydrogen) atoms. The largest absolute Gasteiger partial charge is 0.463 e. The van der Waals surface area contributed by atoms with Crippen LogP contribution in [0.1, 0.15) is 29.3 Å². The number of furan rings is 1. The predicted molar refractivity (Wildman–Crippen MR) is 140 cm³/mol. The zero-order chi connectivity index (χ0) is 25.2. The Labute approximate surface area is 215 Å². The summed E-state index contributed by atoms with van der Waals surface area (Å²) in [6.07, 6.45) is 4.21. The molecule has 2 aliphatic rings. The van der Waals surface area contributed by atoms with Gasteiger partial charge < -0.3 is 9.15 Å². The van der Waals surface area contributed by atoms with Gasteiger partial charge in [-0.15, -0.1) is 0 Å². The molecular formula is C29H29N5O3. The van der Waals surface area contributed by atoms with Gasteiger partial charge in [-0.2, -0.15) is 10.2 Å². The van der Waals surface area contributed by atoms with Gasteiger partial charge >= 0.3 is 0 Å². The van der Waals surface area contributed by atoms with Crippen LogP contribution in [-0.2, 0) is 9.53 Å². The molecule has 6 rings (SSSR count). The Morgan fingerprint density at radius 2 is 1.86 bits per heavy atom. The van der Waals surface area contributed by atoms with Crippen molar-refractivity contribution in [1.82, 2.24) is 19.7 Å². The van der Waals surface area contributed by atoms with Crippen molar-refractivity contribution in [2.45, 2.75) is 19.4 Å². The molecule has 2 aromatic carbocycles. The Bertz CT molecular complexity index is 1400. The van der Waals surface area contributed by atoms with Crippen LogP contribution in [0.5, 0.6) is 0 Å². The molecule has 0 N–H and O–H groups in total. The van der Waals surface area contributed by atoms with Crippen LogP contribution >= 0.6 is 0 Å². The zero-order valence-corrected chi connectivity index (χ0v) is 20.8. The van der Waals surface area contributed by atoms with Crippen LogP contribution in [0.4, 0.5) is 0 Å². The predicted octanol–water partition coefficient (Wildman–Crippen LogP) is 4.45. The Kier molecular flexibility index (Phi) is 6.42. The van der Waals surface area contributed by atoms with Gasteiger partial charge in [0.05, 0.1) is 43.4 Å². The lowest BCUT2D eigenvalue weighted by molar-refractivity contribution is -0.135. The number of carbonyl (C=O) groups excluding carboxylic acids is 1. The zero-order valence-electron chi connectivity index (χ0n) is 20.8. The molecule has 188 valence electrons. The number of aryl methyl sites for hydroxylation is 1. The summed E-state index contributed by atoms with van der Waals surface area (Å²) in [5, 5.41) is 11.4. The van der Waals surface area contributed by atoms with E-state index >= 15 is 0 Å². The van der Waals surface area contributed by atoms with E-state index in [1.165, 1.54) is 0 Å². The number of para-hydroxylation sites is 1. The topological polar surface area (TPSA) is 76.1 Å². The van der Waals surface area contributed by atoms with E-state index in [1.807, 2.05) is 59.4 Å². The van der Waals surface area contributed by atoms with Crippen molar-refractivity contribution in [3.63, 3.8) is 0 Å². The second-order valence-electron chi connectivity index (χ2n) is 9.45. The molecule has 1 saturated heterocycles. The van der Waals surface area contributed by atoms with Crippen LogP contribution in [0, 0.1) is 6.92 Å². The second-order valence-corrected chi connectivity index (χ2v) is 9.45. The van der Waals surface area contributed by atoms with E-state index < -0.39 is 0 Å². The maximum absolute atomic E-state index is 13.7. The van der Waals surface area contributed by atoms with Crippen LogP contribution in [0.25, 0.3) is 16.9 Å². The van der Waals surface area contributed by atoms with E-state index in [-0.39, 0.29) is 11.9 Å². The fraction of sp³-hybridized carbons (Fsp3) is 0.276. The molecule has 0 spiro atoms. The first-order chi connectivity index (χ1) is 18.2. The van der Waals surface area contributed by atoms with Gasteiger partial charge in [-0.05, 0) is 37.3 Å². The second kappa shape index (κ2) is 10.2. The average molecular weight is 496 g/mol. The van der Waals surface area contributed by atoms with Crippen molar-refractivity contribution in [3.05, 3.63) is 96.1 Å². The fourth-order valence-electron chi connectivity index (χ4n) is 4.96. The number of benzene rings is 2. The quantitative estimate of drug-likeness (QED) is 0.395. The van der Waals surface area contributed by atoms with Gasteiger partial charge in [-0.3, -0.25) is 9.69 Å². The number of nitrogens with zero attached hydrogens (tertiary/aromatic N) is 5. The first-order valence-electron chi connectivity index (χ1n) is 12.6. The molecule has 1 amide bonds. The Morgan fingerprint density at radius 1 is 1.03 bits per heavy atom. The summed E-state index contributed by atoms with van der Waals surface area (Å²) in [6.45, 7) is 5.11. The monoisotopic (exact) mass is 495 g/mol. The number of amides is 1. The van der Waals surface area contributed by atoms with E-state index in [0.717, 1.165) is 46.9 Å². The molecule has 2 aromatic heterocycles. The minimum absolute atomic E-state index is 0.0453. The van der Waals surface area contributed by atoms with Crippen LogP contribution in [0.2, 0.25) is 0 Å². The number of rotatable bonds is 6. The summed E-state index contributed by atoms with van der Waals surface area (Å²) in [6, 6.07) is 21.8. The van der Waals surface area contributed by atoms with Crippen molar-refractivity contribution >= 4 is 11.6 Å². The van der Waals surface area contributed by atoms with Gasteiger partial charge in [0.1, 0.15) is 11.5 Å². The molecule has 0 bridgehead atoms. The summed E-state index contributed by atoms with van der Waals surface area (Å²) in [4.78, 5) is 15.8. The van der Waals surface area contributed by atoms with Gasteiger partial charge in [-0.25, -0.2) is 9.69 Å². The van der Waals surface area contributed by atoms with E-state index in [0.29, 0.717) is 31.9 Å². The number of ether oxygens (including phenoxy) is 1. The van der Waals surface area contributed by atoms with Gasteiger partial charge in [0, 0.05) is 36.8 Å². The number of hydrogen-bond donors (Lipinski definition) is 0. The molecule has 8 heteroatoms. The van der Waals surface area contributed by atoms with Crippen LogP contribution < -0.4 is 0 Å². The number of carbonyl (C=O) groups is 1. The van der Waals surface area contributed by atoms with Gasteiger partial charge in [0.15, 0.2) is 0 Å². The van der Waals surface area contributed by atoms with Crippen molar-refractivity contribution in [2.75, 3.05) is 32.8 Å². The third-order valence-electron chi connectivity index (χ3n) is 6.85. The molecule has 0 saturated carbocycles. The minimum Gasteiger partial charge on any atom is -0.463 e. The molecule has 4 aromatic rings. The third kappa shape index (κ3) is 4.85. The lowest BCUT2D eigenvalue weighted by Crippen LogP contribution is -2.43. The highest BCUT2D eigenvalue weighted by atomic mass is 16.5. The lowest BCUT2D eigenvalue weighted by Gasteiger charge is -2.29. The lowest BCUT2D eigenvalue weighted by atomic mass is 9.97. The fourth-order valence-corrected chi connectivity index (χ4v) is 4.96. The molecule has 0 unspecified atom stereocenters. The number of morpholine rings is 1. The molecule has 0 radical (unpaired) electrons. The number of hydrazone groups is 1. The highest BCUT2D eigenvalue weighted by molar-refractivity contribution is 6.01. The normalized spacial score (nSPS) is 18.2. The molecule has 0 aliphatic carbocycles. The summed E-state index contributed by atoms with van der Waals surface area (Å²) in [7, 11) is 0. The van der Waals surface area contributed by atoms with E-state index in [9.17, 15) is 4.79 Å². The first kappa shape index (κ1) is 23.4. The van der Waals surface area contributed by atoms with Crippen molar-refractivity contribution in [2.24, 2.45) is 5.10 Å². The summed E-state index contributed by atoms with van der Waals surface area (Å²) in [5.41, 5.74) is 5.67. The smallest absolute Gasteiger partial charge is 0.257 e. The molecule has 2 aliphatic heterocycles. The van der Waals surface area contributed by atoms with Crippen LogP contribution in [0.15, 0.2) is 88.7 Å². The summed E-state index contributed by atoms with van der Waals surface area (Å²) >= 11 is 0. The van der Waals surface area contributed by atoms with E-state index in [2.05, 4.69) is 30.0 Å². The van der Waals surface area contributed by atoms with Gasteiger partial charge in [0.2, 0.25) is 0 Å². The highest BCUT2D eigenvalue weighted by Gasteiger charge is 2.37. The standard InChI is InChI=1S/C29H29N5O3/c1-21-7-5-8-22(17-21)29-24(19-33(31-29)23-9-3-2-4-10-23)26-18-25(27-11-6-14-37-27)30-34(26)28(35)20-32-12-15-36-16-13-32/h2-11,14,17,19,26H,12-13,15-16,18,20H2,1H3/t26-/m0/s1. The Hall–Kier alpha value is -4.01. The first-order valence-corrected chi connectivity index (χ1v) is 12.6. The molecule has 1 atom stereocenters. The van der Waals surface area contributed by atoms with Crippen LogP contribution in [-0.4, -0.2) is 64.2 Å². The van der Waals surface area contributed by atoms with Crippen molar-refractivity contribution < 1.29 is 13.9 Å². The van der Waals surface area contributed by atoms with Gasteiger partial charge in [0.25, 0.3) is 5.91 Å².